The average Bonchev–Trinajstić information content (AvgIpc) is 3.38. The number of thiocarbonyl (C=S) groups is 1. The summed E-state index contributed by atoms with van der Waals surface area (Å²) in [4.78, 5) is 30.6. The first-order chi connectivity index (χ1) is 19.2. The van der Waals surface area contributed by atoms with Crippen molar-refractivity contribution in [3.8, 4) is 17.2 Å². The molecule has 0 aliphatic carbocycles. The van der Waals surface area contributed by atoms with Gasteiger partial charge in [-0.3, -0.25) is 20.2 Å². The molecule has 1 aromatic heterocycles. The molecule has 5 rings (SSSR count). The lowest BCUT2D eigenvalue weighted by molar-refractivity contribution is -0.384. The predicted octanol–water partition coefficient (Wildman–Crippen LogP) is 4.94. The van der Waals surface area contributed by atoms with Crippen LogP contribution in [0.3, 0.4) is 0 Å². The quantitative estimate of drug-likeness (QED) is 0.128. The Morgan fingerprint density at radius 2 is 1.95 bits per heavy atom. The molecule has 1 amide bonds. The Morgan fingerprint density at radius 3 is 2.67 bits per heavy atom. The van der Waals surface area contributed by atoms with Crippen LogP contribution >= 0.6 is 12.2 Å². The Morgan fingerprint density at radius 1 is 1.18 bits per heavy atom. The topological polar surface area (TPSA) is 143 Å². The predicted molar refractivity (Wildman–Crippen MR) is 155 cm³/mol. The molecule has 3 aromatic carbocycles. The highest BCUT2D eigenvalue weighted by Crippen LogP contribution is 2.36. The van der Waals surface area contributed by atoms with Gasteiger partial charge < -0.3 is 24.5 Å². The van der Waals surface area contributed by atoms with E-state index in [1.54, 1.807) is 25.1 Å². The number of nitrogens with one attached hydrogen (secondary N) is 2. The molecule has 0 bridgehead atoms. The molecule has 1 aliphatic heterocycles. The number of ether oxygens (including phenoxy) is 1. The van der Waals surface area contributed by atoms with Gasteiger partial charge in [0, 0.05) is 30.9 Å². The molecule has 0 unspecified atom stereocenters. The zero-order valence-corrected chi connectivity index (χ0v) is 22.7. The first-order valence-corrected chi connectivity index (χ1v) is 13.1. The number of aryl methyl sites for hydroxylation is 2. The lowest BCUT2D eigenvalue weighted by atomic mass is 10.1. The summed E-state index contributed by atoms with van der Waals surface area (Å²) in [6.07, 6.45) is 0.856. The van der Waals surface area contributed by atoms with Crippen LogP contribution in [0.5, 0.6) is 5.75 Å². The number of benzene rings is 3. The Hall–Kier alpha value is -4.55. The standard InChI is InChI=1S/C28H27N5O6S/c1-3-17-4-7-24-22(13-17)30-27(39-24)21-14-18(12-16(2)25(21)34)29-28(40)31-26(35)20-15-19(33(36)37)5-6-23(20)32-8-10-38-11-9-32/h4-7,12-15,34H,3,8-11H2,1-2H3,(H2,29,31,35,40). The van der Waals surface area contributed by atoms with Gasteiger partial charge in [0.1, 0.15) is 11.3 Å². The van der Waals surface area contributed by atoms with Gasteiger partial charge in [0.25, 0.3) is 11.6 Å². The Labute approximate surface area is 234 Å². The third-order valence-electron chi connectivity index (χ3n) is 6.66. The number of nitrogens with zero attached hydrogens (tertiary/aromatic N) is 3. The largest absolute Gasteiger partial charge is 0.507 e. The average molecular weight is 562 g/mol. The molecule has 0 spiro atoms. The number of aromatic nitrogens is 1. The summed E-state index contributed by atoms with van der Waals surface area (Å²) in [5.41, 5.74) is 4.26. The number of phenolic OH excluding ortho intramolecular Hbond substituents is 1. The number of anilines is 2. The van der Waals surface area contributed by atoms with Crippen LogP contribution in [0.25, 0.3) is 22.6 Å². The van der Waals surface area contributed by atoms with Crippen LogP contribution in [0.1, 0.15) is 28.4 Å². The number of fused-ring (bicyclic) bond motifs is 1. The maximum absolute atomic E-state index is 13.3. The molecule has 3 N–H and O–H groups in total. The molecule has 4 aromatic rings. The van der Waals surface area contributed by atoms with E-state index in [1.807, 2.05) is 23.1 Å². The third kappa shape index (κ3) is 5.58. The summed E-state index contributed by atoms with van der Waals surface area (Å²) in [5, 5.41) is 27.7. The maximum Gasteiger partial charge on any atom is 0.270 e. The highest BCUT2D eigenvalue weighted by atomic mass is 32.1. The van der Waals surface area contributed by atoms with Crippen LogP contribution in [-0.2, 0) is 11.2 Å². The number of nitro benzene ring substituents is 1. The number of amides is 1. The SMILES string of the molecule is CCc1ccc2oc(-c3cc(NC(=S)NC(=O)c4cc([N+](=O)[O-])ccc4N4CCOCC4)cc(C)c3O)nc2c1. The Bertz CT molecular complexity index is 1630. The zero-order chi connectivity index (χ0) is 28.4. The monoisotopic (exact) mass is 561 g/mol. The minimum Gasteiger partial charge on any atom is -0.507 e. The summed E-state index contributed by atoms with van der Waals surface area (Å²) in [5.74, 6) is -0.340. The third-order valence-corrected chi connectivity index (χ3v) is 6.87. The minimum atomic E-state index is -0.593. The second-order valence-electron chi connectivity index (χ2n) is 9.33. The van der Waals surface area contributed by atoms with Gasteiger partial charge in [-0.2, -0.15) is 0 Å². The van der Waals surface area contributed by atoms with E-state index in [1.165, 1.54) is 12.1 Å². The first-order valence-electron chi connectivity index (χ1n) is 12.7. The van der Waals surface area contributed by atoms with E-state index in [9.17, 15) is 20.0 Å². The highest BCUT2D eigenvalue weighted by Gasteiger charge is 2.23. The summed E-state index contributed by atoms with van der Waals surface area (Å²) in [7, 11) is 0. The molecule has 0 saturated carbocycles. The molecule has 0 radical (unpaired) electrons. The molecular formula is C28H27N5O6S. The molecule has 1 fully saturated rings. The van der Waals surface area contributed by atoms with Crippen molar-refractivity contribution < 1.29 is 24.0 Å². The number of carbonyl (C=O) groups excluding carboxylic acids is 1. The molecule has 40 heavy (non-hydrogen) atoms. The van der Waals surface area contributed by atoms with E-state index < -0.39 is 10.8 Å². The molecule has 206 valence electrons. The lowest BCUT2D eigenvalue weighted by Crippen LogP contribution is -2.39. The van der Waals surface area contributed by atoms with E-state index in [-0.39, 0.29) is 28.0 Å². The van der Waals surface area contributed by atoms with Crippen molar-refractivity contribution in [3.05, 3.63) is 75.3 Å². The fourth-order valence-corrected chi connectivity index (χ4v) is 4.77. The molecule has 12 heteroatoms. The van der Waals surface area contributed by atoms with Gasteiger partial charge >= 0.3 is 0 Å². The van der Waals surface area contributed by atoms with Crippen LogP contribution in [0.2, 0.25) is 0 Å². The van der Waals surface area contributed by atoms with Crippen molar-refractivity contribution >= 4 is 51.4 Å². The van der Waals surface area contributed by atoms with Crippen LogP contribution in [0.15, 0.2) is 52.9 Å². The van der Waals surface area contributed by atoms with E-state index in [0.717, 1.165) is 12.0 Å². The molecule has 11 nitrogen and oxygen atoms in total. The van der Waals surface area contributed by atoms with Crippen LogP contribution in [0, 0.1) is 17.0 Å². The molecule has 0 atom stereocenters. The highest BCUT2D eigenvalue weighted by molar-refractivity contribution is 7.80. The number of hydrogen-bond acceptors (Lipinski definition) is 9. The number of nitro groups is 1. The van der Waals surface area contributed by atoms with Crippen LogP contribution in [-0.4, -0.2) is 52.3 Å². The lowest BCUT2D eigenvalue weighted by Gasteiger charge is -2.30. The van der Waals surface area contributed by atoms with E-state index >= 15 is 0 Å². The number of carbonyl (C=O) groups is 1. The molecule has 2 heterocycles. The summed E-state index contributed by atoms with van der Waals surface area (Å²) >= 11 is 5.40. The smallest absolute Gasteiger partial charge is 0.270 e. The maximum atomic E-state index is 13.3. The van der Waals surface area contributed by atoms with Crippen molar-refractivity contribution in [2.24, 2.45) is 0 Å². The second-order valence-corrected chi connectivity index (χ2v) is 9.74. The van der Waals surface area contributed by atoms with E-state index in [0.29, 0.717) is 59.9 Å². The van der Waals surface area contributed by atoms with Crippen molar-refractivity contribution in [1.82, 2.24) is 10.3 Å². The van der Waals surface area contributed by atoms with Gasteiger partial charge in [-0.05, 0) is 67.0 Å². The molecule has 1 aliphatic rings. The van der Waals surface area contributed by atoms with Gasteiger partial charge in [0.15, 0.2) is 10.7 Å². The summed E-state index contributed by atoms with van der Waals surface area (Å²) in [6.45, 7) is 5.84. The Kier molecular flexibility index (Phi) is 7.63. The van der Waals surface area contributed by atoms with E-state index in [2.05, 4.69) is 22.5 Å². The van der Waals surface area contributed by atoms with Crippen molar-refractivity contribution in [3.63, 3.8) is 0 Å². The van der Waals surface area contributed by atoms with Crippen LogP contribution < -0.4 is 15.5 Å². The van der Waals surface area contributed by atoms with Crippen molar-refractivity contribution in [2.45, 2.75) is 20.3 Å². The van der Waals surface area contributed by atoms with Gasteiger partial charge in [-0.25, -0.2) is 4.98 Å². The molecule has 1 saturated heterocycles. The Balaban J connectivity index is 1.38. The number of non-ortho nitro benzene ring substituents is 1. The van der Waals surface area contributed by atoms with Gasteiger partial charge in [-0.15, -0.1) is 0 Å². The summed E-state index contributed by atoms with van der Waals surface area (Å²) in [6, 6.07) is 13.2. The molecular weight excluding hydrogens is 534 g/mol. The van der Waals surface area contributed by atoms with E-state index in [4.69, 9.17) is 21.4 Å². The van der Waals surface area contributed by atoms with Gasteiger partial charge in [0.05, 0.1) is 35.0 Å². The van der Waals surface area contributed by atoms with Gasteiger partial charge in [-0.1, -0.05) is 13.0 Å². The number of hydrogen-bond donors (Lipinski definition) is 3. The first kappa shape index (κ1) is 27.0. The second kappa shape index (κ2) is 11.3. The number of oxazole rings is 1. The number of morpholine rings is 1. The fraction of sp³-hybridized carbons (Fsp3) is 0.250. The van der Waals surface area contributed by atoms with Crippen molar-refractivity contribution in [2.75, 3.05) is 36.5 Å². The minimum absolute atomic E-state index is 0.00882. The fourth-order valence-electron chi connectivity index (χ4n) is 4.56. The van der Waals surface area contributed by atoms with Gasteiger partial charge in [0.2, 0.25) is 5.89 Å². The normalized spacial score (nSPS) is 13.3. The number of rotatable bonds is 6. The van der Waals surface area contributed by atoms with Crippen molar-refractivity contribution in [1.29, 1.82) is 0 Å². The summed E-state index contributed by atoms with van der Waals surface area (Å²) < 4.78 is 11.3. The zero-order valence-electron chi connectivity index (χ0n) is 21.9. The van der Waals surface area contributed by atoms with Crippen LogP contribution in [0.4, 0.5) is 17.1 Å². The number of phenols is 1. The number of aromatic hydroxyl groups is 1.